The molecule has 1 rings (SSSR count). The van der Waals surface area contributed by atoms with Crippen LogP contribution in [0.1, 0.15) is 19.4 Å². The van der Waals surface area contributed by atoms with E-state index in [1.54, 1.807) is 14.0 Å². The molecule has 1 aromatic carbocycles. The summed E-state index contributed by atoms with van der Waals surface area (Å²) in [4.78, 5) is 11.8. The number of methoxy groups -OCH3 is 1. The summed E-state index contributed by atoms with van der Waals surface area (Å²) in [6, 6.07) is 5.63. The summed E-state index contributed by atoms with van der Waals surface area (Å²) in [5.41, 5.74) is 1.74. The maximum absolute atomic E-state index is 11.8. The lowest BCUT2D eigenvalue weighted by Gasteiger charge is -2.14. The highest BCUT2D eigenvalue weighted by molar-refractivity contribution is 8.00. The van der Waals surface area contributed by atoms with Gasteiger partial charge in [0.2, 0.25) is 5.91 Å². The number of aliphatic hydroxyl groups is 1. The van der Waals surface area contributed by atoms with Crippen molar-refractivity contribution in [2.45, 2.75) is 32.1 Å². The Hall–Kier alpha value is -1.20. The van der Waals surface area contributed by atoms with E-state index in [0.29, 0.717) is 17.2 Å². The minimum atomic E-state index is -0.425. The van der Waals surface area contributed by atoms with E-state index in [9.17, 15) is 9.90 Å². The molecule has 0 aliphatic rings. The largest absolute Gasteiger partial charge is 0.495 e. The topological polar surface area (TPSA) is 58.6 Å². The Balaban J connectivity index is 2.59. The van der Waals surface area contributed by atoms with Crippen molar-refractivity contribution in [3.8, 4) is 5.75 Å². The summed E-state index contributed by atoms with van der Waals surface area (Å²) in [7, 11) is 1.57. The van der Waals surface area contributed by atoms with Gasteiger partial charge in [-0.1, -0.05) is 13.0 Å². The lowest BCUT2D eigenvalue weighted by molar-refractivity contribution is -0.113. The number of rotatable bonds is 6. The summed E-state index contributed by atoms with van der Waals surface area (Å²) < 4.78 is 5.20. The molecule has 0 aliphatic heterocycles. The Morgan fingerprint density at radius 1 is 1.47 bits per heavy atom. The maximum atomic E-state index is 11.8. The molecule has 4 nitrogen and oxygen atoms in total. The van der Waals surface area contributed by atoms with Crippen LogP contribution in [0.25, 0.3) is 0 Å². The van der Waals surface area contributed by atoms with Crippen LogP contribution < -0.4 is 10.1 Å². The number of nitrogens with one attached hydrogen (secondary N) is 1. The molecule has 0 heterocycles. The fourth-order valence-corrected chi connectivity index (χ4v) is 2.22. The molecule has 106 valence electrons. The van der Waals surface area contributed by atoms with Gasteiger partial charge in [-0.05, 0) is 31.5 Å². The van der Waals surface area contributed by atoms with Crippen LogP contribution >= 0.6 is 11.8 Å². The smallest absolute Gasteiger partial charge is 0.234 e. The van der Waals surface area contributed by atoms with Crippen LogP contribution in [0.3, 0.4) is 0 Å². The number of amides is 1. The number of aryl methyl sites for hydroxylation is 1. The number of carbonyl (C=O) groups excluding carboxylic acids is 1. The van der Waals surface area contributed by atoms with Gasteiger partial charge in [-0.25, -0.2) is 0 Å². The monoisotopic (exact) mass is 283 g/mol. The van der Waals surface area contributed by atoms with Crippen LogP contribution in [0.5, 0.6) is 5.75 Å². The zero-order valence-corrected chi connectivity index (χ0v) is 12.6. The Kier molecular flexibility index (Phi) is 6.18. The molecule has 5 heteroatoms. The highest BCUT2D eigenvalue weighted by atomic mass is 32.2. The molecule has 0 bridgehead atoms. The van der Waals surface area contributed by atoms with Gasteiger partial charge >= 0.3 is 0 Å². The van der Waals surface area contributed by atoms with E-state index in [1.807, 2.05) is 32.0 Å². The molecular formula is C14H21NO3S. The minimum Gasteiger partial charge on any atom is -0.495 e. The van der Waals surface area contributed by atoms with Crippen molar-refractivity contribution in [3.05, 3.63) is 23.8 Å². The fourth-order valence-electron chi connectivity index (χ4n) is 1.45. The Bertz CT molecular complexity index is 435. The van der Waals surface area contributed by atoms with Gasteiger partial charge in [0.25, 0.3) is 0 Å². The van der Waals surface area contributed by atoms with Gasteiger partial charge in [-0.2, -0.15) is 0 Å². The first kappa shape index (κ1) is 15.9. The molecule has 0 radical (unpaired) electrons. The summed E-state index contributed by atoms with van der Waals surface area (Å²) >= 11 is 1.43. The predicted octanol–water partition coefficient (Wildman–Crippen LogP) is 2.44. The van der Waals surface area contributed by atoms with Crippen molar-refractivity contribution < 1.29 is 14.6 Å². The number of carbonyl (C=O) groups is 1. The molecule has 1 aromatic rings. The third-order valence-electron chi connectivity index (χ3n) is 2.79. The number of hydrogen-bond donors (Lipinski definition) is 2. The molecule has 2 N–H and O–H groups in total. The van der Waals surface area contributed by atoms with Gasteiger partial charge < -0.3 is 15.2 Å². The SMILES string of the molecule is COc1ccc(C)cc1NC(=O)CSC(C)C(C)O. The van der Waals surface area contributed by atoms with E-state index < -0.39 is 6.10 Å². The second-order valence-electron chi connectivity index (χ2n) is 4.51. The summed E-state index contributed by atoms with van der Waals surface area (Å²) in [6.45, 7) is 5.58. The predicted molar refractivity (Wildman–Crippen MR) is 80.0 cm³/mol. The zero-order chi connectivity index (χ0) is 14.4. The van der Waals surface area contributed by atoms with E-state index in [2.05, 4.69) is 5.32 Å². The fraction of sp³-hybridized carbons (Fsp3) is 0.500. The first-order valence-electron chi connectivity index (χ1n) is 6.18. The van der Waals surface area contributed by atoms with E-state index in [-0.39, 0.29) is 11.2 Å². The number of aliphatic hydroxyl groups excluding tert-OH is 1. The lowest BCUT2D eigenvalue weighted by atomic mass is 10.2. The number of thioether (sulfide) groups is 1. The number of ether oxygens (including phenoxy) is 1. The summed E-state index contributed by atoms with van der Waals surface area (Å²) in [6.07, 6.45) is -0.425. The number of hydrogen-bond acceptors (Lipinski definition) is 4. The van der Waals surface area contributed by atoms with Crippen LogP contribution in [-0.4, -0.2) is 35.2 Å². The highest BCUT2D eigenvalue weighted by Gasteiger charge is 2.13. The molecule has 0 fully saturated rings. The Morgan fingerprint density at radius 3 is 2.74 bits per heavy atom. The molecule has 0 spiro atoms. The highest BCUT2D eigenvalue weighted by Crippen LogP contribution is 2.25. The van der Waals surface area contributed by atoms with Crippen LogP contribution in [0.15, 0.2) is 18.2 Å². The minimum absolute atomic E-state index is 0.0326. The van der Waals surface area contributed by atoms with E-state index in [0.717, 1.165) is 5.56 Å². The first-order chi connectivity index (χ1) is 8.93. The molecule has 0 saturated carbocycles. The Labute approximate surface area is 118 Å². The van der Waals surface area contributed by atoms with Crippen molar-refractivity contribution in [1.29, 1.82) is 0 Å². The molecule has 19 heavy (non-hydrogen) atoms. The van der Waals surface area contributed by atoms with Crippen molar-refractivity contribution in [2.75, 3.05) is 18.2 Å². The average molecular weight is 283 g/mol. The standard InChI is InChI=1S/C14H21NO3S/c1-9-5-6-13(18-4)12(7-9)15-14(17)8-19-11(3)10(2)16/h5-7,10-11,16H,8H2,1-4H3,(H,15,17). The van der Waals surface area contributed by atoms with Gasteiger partial charge in [-0.3, -0.25) is 4.79 Å². The van der Waals surface area contributed by atoms with Crippen LogP contribution in [-0.2, 0) is 4.79 Å². The molecule has 2 atom stereocenters. The second kappa shape index (κ2) is 7.40. The van der Waals surface area contributed by atoms with E-state index in [4.69, 9.17) is 4.74 Å². The molecule has 1 amide bonds. The second-order valence-corrected chi connectivity index (χ2v) is 5.87. The molecule has 0 aliphatic carbocycles. The summed E-state index contributed by atoms with van der Waals surface area (Å²) in [5, 5.41) is 12.2. The number of anilines is 1. The van der Waals surface area contributed by atoms with E-state index >= 15 is 0 Å². The Morgan fingerprint density at radius 2 is 2.16 bits per heavy atom. The van der Waals surface area contributed by atoms with Gasteiger partial charge in [0.15, 0.2) is 0 Å². The number of benzene rings is 1. The van der Waals surface area contributed by atoms with Gasteiger partial charge in [0.1, 0.15) is 5.75 Å². The lowest BCUT2D eigenvalue weighted by Crippen LogP contribution is -2.21. The van der Waals surface area contributed by atoms with Gasteiger partial charge in [0, 0.05) is 5.25 Å². The molecule has 2 unspecified atom stereocenters. The van der Waals surface area contributed by atoms with Crippen LogP contribution in [0.2, 0.25) is 0 Å². The van der Waals surface area contributed by atoms with Crippen molar-refractivity contribution in [3.63, 3.8) is 0 Å². The van der Waals surface area contributed by atoms with Crippen LogP contribution in [0, 0.1) is 6.92 Å². The molecule has 0 saturated heterocycles. The average Bonchev–Trinajstić information content (AvgIpc) is 2.36. The van der Waals surface area contributed by atoms with Crippen LogP contribution in [0.4, 0.5) is 5.69 Å². The molecule has 0 aromatic heterocycles. The first-order valence-corrected chi connectivity index (χ1v) is 7.23. The normalized spacial score (nSPS) is 13.7. The zero-order valence-electron chi connectivity index (χ0n) is 11.8. The quantitative estimate of drug-likeness (QED) is 0.842. The van der Waals surface area contributed by atoms with Gasteiger partial charge in [0.05, 0.1) is 24.7 Å². The third kappa shape index (κ3) is 5.12. The molecular weight excluding hydrogens is 262 g/mol. The van der Waals surface area contributed by atoms with Gasteiger partial charge in [-0.15, -0.1) is 11.8 Å². The van der Waals surface area contributed by atoms with Crippen molar-refractivity contribution in [1.82, 2.24) is 0 Å². The van der Waals surface area contributed by atoms with E-state index in [1.165, 1.54) is 11.8 Å². The summed E-state index contributed by atoms with van der Waals surface area (Å²) in [5.74, 6) is 0.859. The van der Waals surface area contributed by atoms with Crippen molar-refractivity contribution in [2.24, 2.45) is 0 Å². The third-order valence-corrected chi connectivity index (χ3v) is 4.13. The van der Waals surface area contributed by atoms with Crippen molar-refractivity contribution >= 4 is 23.4 Å². The maximum Gasteiger partial charge on any atom is 0.234 e.